The predicted molar refractivity (Wildman–Crippen MR) is 85.4 cm³/mol. The van der Waals surface area contributed by atoms with Crippen LogP contribution in [0.5, 0.6) is 11.5 Å². The monoisotopic (exact) mass is 418 g/mol. The Labute approximate surface area is 139 Å². The first-order valence-electron chi connectivity index (χ1n) is 6.02. The average molecular weight is 420 g/mol. The van der Waals surface area contributed by atoms with Gasteiger partial charge >= 0.3 is 0 Å². The second-order valence-corrected chi connectivity index (χ2v) is 6.01. The second-order valence-electron chi connectivity index (χ2n) is 4.30. The fourth-order valence-corrected chi connectivity index (χ4v) is 2.97. The Morgan fingerprint density at radius 1 is 0.952 bits per heavy atom. The van der Waals surface area contributed by atoms with Gasteiger partial charge < -0.3 is 14.6 Å². The van der Waals surface area contributed by atoms with E-state index in [4.69, 9.17) is 9.47 Å². The van der Waals surface area contributed by atoms with Crippen LogP contribution < -0.4 is 9.47 Å². The zero-order chi connectivity index (χ0) is 15.6. The van der Waals surface area contributed by atoms with Crippen molar-refractivity contribution >= 4 is 31.9 Å². The molecule has 2 rings (SSSR count). The minimum Gasteiger partial charge on any atom is -0.493 e. The van der Waals surface area contributed by atoms with E-state index in [0.29, 0.717) is 31.6 Å². The lowest BCUT2D eigenvalue weighted by atomic mass is 10.0. The fraction of sp³-hybridized carbons (Fsp3) is 0.200. The van der Waals surface area contributed by atoms with E-state index in [1.54, 1.807) is 18.2 Å². The van der Waals surface area contributed by atoms with Gasteiger partial charge in [-0.05, 0) is 30.3 Å². The van der Waals surface area contributed by atoms with Crippen LogP contribution in [0.2, 0.25) is 0 Å². The van der Waals surface area contributed by atoms with Gasteiger partial charge in [0.2, 0.25) is 0 Å². The van der Waals surface area contributed by atoms with Crippen LogP contribution in [-0.2, 0) is 0 Å². The predicted octanol–water partition coefficient (Wildman–Crippen LogP) is 4.45. The molecule has 0 spiro atoms. The van der Waals surface area contributed by atoms with Gasteiger partial charge in [0.1, 0.15) is 11.9 Å². The van der Waals surface area contributed by atoms with E-state index in [0.717, 1.165) is 0 Å². The summed E-state index contributed by atoms with van der Waals surface area (Å²) in [5.74, 6) is 0.616. The molecule has 0 amide bonds. The molecule has 1 unspecified atom stereocenters. The lowest BCUT2D eigenvalue weighted by Crippen LogP contribution is -2.04. The van der Waals surface area contributed by atoms with Gasteiger partial charge in [-0.3, -0.25) is 0 Å². The van der Waals surface area contributed by atoms with E-state index >= 15 is 0 Å². The summed E-state index contributed by atoms with van der Waals surface area (Å²) >= 11 is 6.71. The van der Waals surface area contributed by atoms with E-state index < -0.39 is 11.9 Å². The van der Waals surface area contributed by atoms with Crippen molar-refractivity contribution in [2.75, 3.05) is 14.2 Å². The molecule has 0 fully saturated rings. The molecule has 0 aromatic heterocycles. The molecular weight excluding hydrogens is 407 g/mol. The smallest absolute Gasteiger partial charge is 0.161 e. The molecule has 0 radical (unpaired) electrons. The molecule has 2 aromatic carbocycles. The first-order valence-corrected chi connectivity index (χ1v) is 7.61. The lowest BCUT2D eigenvalue weighted by molar-refractivity contribution is 0.217. The maximum Gasteiger partial charge on any atom is 0.161 e. The summed E-state index contributed by atoms with van der Waals surface area (Å²) in [6.07, 6.45) is -1.01. The van der Waals surface area contributed by atoms with E-state index in [9.17, 15) is 9.50 Å². The Bertz CT molecular complexity index is 662. The third-order valence-corrected chi connectivity index (χ3v) is 4.46. The number of ether oxygens (including phenoxy) is 2. The Morgan fingerprint density at radius 3 is 2.14 bits per heavy atom. The molecule has 0 aliphatic carbocycles. The van der Waals surface area contributed by atoms with Crippen LogP contribution in [0.4, 0.5) is 4.39 Å². The van der Waals surface area contributed by atoms with E-state index in [2.05, 4.69) is 31.9 Å². The number of hydrogen-bond acceptors (Lipinski definition) is 3. The molecule has 6 heteroatoms. The number of hydrogen-bond donors (Lipinski definition) is 1. The van der Waals surface area contributed by atoms with Crippen molar-refractivity contribution in [3.05, 3.63) is 56.2 Å². The first-order chi connectivity index (χ1) is 9.97. The Balaban J connectivity index is 2.52. The zero-order valence-electron chi connectivity index (χ0n) is 11.4. The third-order valence-electron chi connectivity index (χ3n) is 3.05. The third kappa shape index (κ3) is 3.39. The summed E-state index contributed by atoms with van der Waals surface area (Å²) in [7, 11) is 3.05. The largest absolute Gasteiger partial charge is 0.493 e. The van der Waals surface area contributed by atoms with E-state index in [1.165, 1.54) is 26.4 Å². The van der Waals surface area contributed by atoms with Crippen LogP contribution >= 0.6 is 31.9 Å². The van der Waals surface area contributed by atoms with Crippen LogP contribution in [0.15, 0.2) is 39.3 Å². The highest BCUT2D eigenvalue weighted by Crippen LogP contribution is 2.39. The van der Waals surface area contributed by atoms with Crippen LogP contribution in [0.1, 0.15) is 17.2 Å². The molecule has 1 N–H and O–H groups in total. The van der Waals surface area contributed by atoms with Crippen molar-refractivity contribution < 1.29 is 19.0 Å². The highest BCUT2D eigenvalue weighted by atomic mass is 79.9. The molecule has 0 aliphatic heterocycles. The van der Waals surface area contributed by atoms with E-state index in [-0.39, 0.29) is 0 Å². The minimum atomic E-state index is -1.01. The van der Waals surface area contributed by atoms with Gasteiger partial charge in [0.15, 0.2) is 11.5 Å². The summed E-state index contributed by atoms with van der Waals surface area (Å²) in [5.41, 5.74) is 0.988. The maximum absolute atomic E-state index is 13.4. The molecule has 0 saturated heterocycles. The summed E-state index contributed by atoms with van der Waals surface area (Å²) in [6, 6.07) is 7.53. The molecule has 21 heavy (non-hydrogen) atoms. The van der Waals surface area contributed by atoms with Gasteiger partial charge in [0.05, 0.1) is 14.2 Å². The van der Waals surface area contributed by atoms with Crippen molar-refractivity contribution in [3.8, 4) is 11.5 Å². The maximum atomic E-state index is 13.4. The average Bonchev–Trinajstić information content (AvgIpc) is 2.48. The molecule has 2 aromatic rings. The summed E-state index contributed by atoms with van der Waals surface area (Å²) in [4.78, 5) is 0. The fourth-order valence-electron chi connectivity index (χ4n) is 1.97. The van der Waals surface area contributed by atoms with Gasteiger partial charge in [-0.25, -0.2) is 4.39 Å². The molecule has 0 aliphatic rings. The van der Waals surface area contributed by atoms with Gasteiger partial charge in [-0.2, -0.15) is 0 Å². The topological polar surface area (TPSA) is 38.7 Å². The molecule has 112 valence electrons. The SMILES string of the molecule is COc1cc(Br)c(C(O)c2cc(F)ccc2Br)cc1OC. The number of aliphatic hydroxyl groups is 1. The lowest BCUT2D eigenvalue weighted by Gasteiger charge is -2.17. The van der Waals surface area contributed by atoms with Gasteiger partial charge in [-0.15, -0.1) is 0 Å². The van der Waals surface area contributed by atoms with Gasteiger partial charge in [0.25, 0.3) is 0 Å². The van der Waals surface area contributed by atoms with Gasteiger partial charge in [0, 0.05) is 20.1 Å². The Kier molecular flexibility index (Phi) is 5.24. The quantitative estimate of drug-likeness (QED) is 0.795. The number of aliphatic hydroxyl groups excluding tert-OH is 1. The zero-order valence-corrected chi connectivity index (χ0v) is 14.5. The molecule has 0 heterocycles. The highest BCUT2D eigenvalue weighted by molar-refractivity contribution is 9.10. The number of halogens is 3. The number of rotatable bonds is 4. The van der Waals surface area contributed by atoms with Crippen LogP contribution in [-0.4, -0.2) is 19.3 Å². The standard InChI is InChI=1S/C15H13Br2FO3/c1-20-13-6-10(12(17)7-14(13)21-2)15(19)9-5-8(18)3-4-11(9)16/h3-7,15,19H,1-2H3. The van der Waals surface area contributed by atoms with Crippen LogP contribution in [0.25, 0.3) is 0 Å². The molecule has 1 atom stereocenters. The number of methoxy groups -OCH3 is 2. The van der Waals surface area contributed by atoms with Crippen molar-refractivity contribution in [2.45, 2.75) is 6.10 Å². The molecular formula is C15H13Br2FO3. The van der Waals surface area contributed by atoms with Crippen molar-refractivity contribution in [2.24, 2.45) is 0 Å². The first kappa shape index (κ1) is 16.3. The Morgan fingerprint density at radius 2 is 1.52 bits per heavy atom. The summed E-state index contributed by atoms with van der Waals surface area (Å²) in [5, 5.41) is 10.5. The van der Waals surface area contributed by atoms with E-state index in [1.807, 2.05) is 0 Å². The Hall–Kier alpha value is -1.11. The van der Waals surface area contributed by atoms with Crippen molar-refractivity contribution in [3.63, 3.8) is 0 Å². The van der Waals surface area contributed by atoms with Crippen LogP contribution in [0, 0.1) is 5.82 Å². The highest BCUT2D eigenvalue weighted by Gasteiger charge is 2.20. The van der Waals surface area contributed by atoms with Gasteiger partial charge in [-0.1, -0.05) is 31.9 Å². The summed E-state index contributed by atoms with van der Waals surface area (Å²) in [6.45, 7) is 0. The molecule has 0 saturated carbocycles. The van der Waals surface area contributed by atoms with Crippen molar-refractivity contribution in [1.82, 2.24) is 0 Å². The van der Waals surface area contributed by atoms with Crippen LogP contribution in [0.3, 0.4) is 0 Å². The normalized spacial score (nSPS) is 12.1. The molecule has 0 bridgehead atoms. The molecule has 3 nitrogen and oxygen atoms in total. The van der Waals surface area contributed by atoms with Crippen molar-refractivity contribution in [1.29, 1.82) is 0 Å². The second kappa shape index (κ2) is 6.77. The minimum absolute atomic E-state index is 0.413. The summed E-state index contributed by atoms with van der Waals surface area (Å²) < 4.78 is 25.1. The number of benzene rings is 2.